The molecule has 8 heteroatoms. The van der Waals surface area contributed by atoms with Crippen molar-refractivity contribution in [3.8, 4) is 23.0 Å². The molecule has 138 valence electrons. The fourth-order valence-electron chi connectivity index (χ4n) is 2.22. The Morgan fingerprint density at radius 3 is 2.15 bits per heavy atom. The number of nitrogens with zero attached hydrogens (tertiary/aromatic N) is 1. The minimum absolute atomic E-state index is 0.353. The number of anilines is 1. The van der Waals surface area contributed by atoms with E-state index in [4.69, 9.17) is 31.2 Å². The highest BCUT2D eigenvalue weighted by atomic mass is 32.1. The number of hydrazone groups is 1. The van der Waals surface area contributed by atoms with Crippen LogP contribution in [0.5, 0.6) is 23.0 Å². The summed E-state index contributed by atoms with van der Waals surface area (Å²) in [6.45, 7) is 0. The van der Waals surface area contributed by atoms with Crippen LogP contribution >= 0.6 is 12.2 Å². The van der Waals surface area contributed by atoms with Gasteiger partial charge < -0.3 is 24.3 Å². The average molecular weight is 375 g/mol. The molecule has 0 fully saturated rings. The zero-order chi connectivity index (χ0) is 18.9. The van der Waals surface area contributed by atoms with Crippen molar-refractivity contribution >= 4 is 29.2 Å². The Labute approximate surface area is 157 Å². The fourth-order valence-corrected chi connectivity index (χ4v) is 2.39. The summed E-state index contributed by atoms with van der Waals surface area (Å²) in [5.74, 6) is 2.36. The molecular formula is C18H21N3O4S. The van der Waals surface area contributed by atoms with E-state index in [2.05, 4.69) is 15.8 Å². The highest BCUT2D eigenvalue weighted by molar-refractivity contribution is 7.80. The summed E-state index contributed by atoms with van der Waals surface area (Å²) in [4.78, 5) is 0. The molecule has 0 heterocycles. The molecule has 0 aromatic heterocycles. The van der Waals surface area contributed by atoms with Crippen molar-refractivity contribution in [1.29, 1.82) is 0 Å². The Bertz CT molecular complexity index is 779. The molecule has 26 heavy (non-hydrogen) atoms. The van der Waals surface area contributed by atoms with E-state index in [1.807, 2.05) is 30.3 Å². The molecule has 0 bridgehead atoms. The number of thiocarbonyl (C=S) groups is 1. The molecule has 2 aromatic rings. The van der Waals surface area contributed by atoms with Crippen LogP contribution < -0.4 is 29.7 Å². The van der Waals surface area contributed by atoms with Gasteiger partial charge in [0, 0.05) is 11.3 Å². The van der Waals surface area contributed by atoms with Gasteiger partial charge in [-0.2, -0.15) is 5.10 Å². The van der Waals surface area contributed by atoms with Crippen LogP contribution in [0.4, 0.5) is 5.69 Å². The topological polar surface area (TPSA) is 73.3 Å². The van der Waals surface area contributed by atoms with E-state index in [0.29, 0.717) is 27.9 Å². The normalized spacial score (nSPS) is 10.3. The summed E-state index contributed by atoms with van der Waals surface area (Å²) in [6.07, 6.45) is 1.59. The first-order chi connectivity index (χ1) is 12.6. The van der Waals surface area contributed by atoms with Gasteiger partial charge >= 0.3 is 0 Å². The number of rotatable bonds is 7. The van der Waals surface area contributed by atoms with Gasteiger partial charge in [0.2, 0.25) is 5.75 Å². The molecule has 2 N–H and O–H groups in total. The Morgan fingerprint density at radius 1 is 0.885 bits per heavy atom. The van der Waals surface area contributed by atoms with Gasteiger partial charge in [-0.1, -0.05) is 0 Å². The van der Waals surface area contributed by atoms with Crippen LogP contribution in [0, 0.1) is 0 Å². The van der Waals surface area contributed by atoms with E-state index in [9.17, 15) is 0 Å². The summed E-state index contributed by atoms with van der Waals surface area (Å²) in [7, 11) is 6.28. The van der Waals surface area contributed by atoms with Crippen LogP contribution in [0.3, 0.4) is 0 Å². The molecule has 0 saturated heterocycles. The summed E-state index contributed by atoms with van der Waals surface area (Å²) in [5, 5.41) is 7.51. The Morgan fingerprint density at radius 2 is 1.58 bits per heavy atom. The zero-order valence-corrected chi connectivity index (χ0v) is 15.8. The van der Waals surface area contributed by atoms with Gasteiger partial charge in [-0.15, -0.1) is 0 Å². The number of hydrogen-bond acceptors (Lipinski definition) is 6. The number of ether oxygens (including phenoxy) is 4. The SMILES string of the molecule is COc1ccc(NC(=S)N/N=C\c2ccc(OC)c(OC)c2OC)cc1. The number of hydrogen-bond donors (Lipinski definition) is 2. The lowest BCUT2D eigenvalue weighted by Gasteiger charge is -2.13. The molecule has 0 amide bonds. The van der Waals surface area contributed by atoms with E-state index in [-0.39, 0.29) is 0 Å². The summed E-state index contributed by atoms with van der Waals surface area (Å²) >= 11 is 5.22. The second-order valence-corrected chi connectivity index (χ2v) is 5.38. The lowest BCUT2D eigenvalue weighted by molar-refractivity contribution is 0.324. The van der Waals surface area contributed by atoms with Crippen molar-refractivity contribution < 1.29 is 18.9 Å². The number of nitrogens with one attached hydrogen (secondary N) is 2. The highest BCUT2D eigenvalue weighted by Gasteiger charge is 2.14. The first-order valence-corrected chi connectivity index (χ1v) is 8.06. The van der Waals surface area contributed by atoms with Crippen molar-refractivity contribution in [3.63, 3.8) is 0 Å². The van der Waals surface area contributed by atoms with Gasteiger partial charge in [-0.3, -0.25) is 5.43 Å². The fraction of sp³-hybridized carbons (Fsp3) is 0.222. The third-order valence-electron chi connectivity index (χ3n) is 3.45. The Kier molecular flexibility index (Phi) is 7.04. The lowest BCUT2D eigenvalue weighted by Crippen LogP contribution is -2.23. The van der Waals surface area contributed by atoms with Crippen LogP contribution in [0.1, 0.15) is 5.56 Å². The van der Waals surface area contributed by atoms with Crippen LogP contribution in [0.25, 0.3) is 0 Å². The second-order valence-electron chi connectivity index (χ2n) is 4.98. The van der Waals surface area contributed by atoms with Crippen molar-refractivity contribution in [2.24, 2.45) is 5.10 Å². The Balaban J connectivity index is 2.04. The molecule has 0 saturated carbocycles. The van der Waals surface area contributed by atoms with E-state index < -0.39 is 0 Å². The minimum Gasteiger partial charge on any atom is -0.497 e. The average Bonchev–Trinajstić information content (AvgIpc) is 2.67. The van der Waals surface area contributed by atoms with Gasteiger partial charge in [0.15, 0.2) is 16.6 Å². The predicted octanol–water partition coefficient (Wildman–Crippen LogP) is 3.04. The molecule has 0 unspecified atom stereocenters. The molecule has 7 nitrogen and oxygen atoms in total. The molecule has 0 aliphatic carbocycles. The minimum atomic E-state index is 0.353. The third kappa shape index (κ3) is 4.76. The smallest absolute Gasteiger partial charge is 0.203 e. The first kappa shape index (κ1) is 19.3. The molecule has 0 radical (unpaired) electrons. The second kappa shape index (κ2) is 9.47. The molecular weight excluding hydrogens is 354 g/mol. The van der Waals surface area contributed by atoms with Crippen LogP contribution in [-0.2, 0) is 0 Å². The molecule has 2 aromatic carbocycles. The molecule has 2 rings (SSSR count). The van der Waals surface area contributed by atoms with Gasteiger partial charge in [0.25, 0.3) is 0 Å². The van der Waals surface area contributed by atoms with Gasteiger partial charge in [0.1, 0.15) is 5.75 Å². The van der Waals surface area contributed by atoms with Crippen LogP contribution in [0.15, 0.2) is 41.5 Å². The maximum absolute atomic E-state index is 5.40. The summed E-state index contributed by atoms with van der Waals surface area (Å²) < 4.78 is 21.1. The first-order valence-electron chi connectivity index (χ1n) is 7.66. The molecule has 0 aliphatic rings. The van der Waals surface area contributed by atoms with E-state index >= 15 is 0 Å². The maximum Gasteiger partial charge on any atom is 0.203 e. The van der Waals surface area contributed by atoms with Crippen molar-refractivity contribution in [2.75, 3.05) is 33.8 Å². The predicted molar refractivity (Wildman–Crippen MR) is 106 cm³/mol. The number of methoxy groups -OCH3 is 4. The van der Waals surface area contributed by atoms with Gasteiger partial charge in [0.05, 0.1) is 34.7 Å². The highest BCUT2D eigenvalue weighted by Crippen LogP contribution is 2.38. The summed E-state index contributed by atoms with van der Waals surface area (Å²) in [6, 6.07) is 11.0. The van der Waals surface area contributed by atoms with E-state index in [0.717, 1.165) is 11.4 Å². The van der Waals surface area contributed by atoms with E-state index in [1.54, 1.807) is 40.7 Å². The third-order valence-corrected chi connectivity index (χ3v) is 3.65. The maximum atomic E-state index is 5.40. The monoisotopic (exact) mass is 375 g/mol. The van der Waals surface area contributed by atoms with Crippen LogP contribution in [-0.4, -0.2) is 39.8 Å². The molecule has 0 atom stereocenters. The van der Waals surface area contributed by atoms with Crippen molar-refractivity contribution in [3.05, 3.63) is 42.0 Å². The number of benzene rings is 2. The zero-order valence-electron chi connectivity index (χ0n) is 15.0. The van der Waals surface area contributed by atoms with Crippen molar-refractivity contribution in [2.45, 2.75) is 0 Å². The van der Waals surface area contributed by atoms with E-state index in [1.165, 1.54) is 0 Å². The summed E-state index contributed by atoms with van der Waals surface area (Å²) in [5.41, 5.74) is 4.29. The Hall–Kier alpha value is -3.00. The van der Waals surface area contributed by atoms with Gasteiger partial charge in [-0.25, -0.2) is 0 Å². The molecule has 0 spiro atoms. The van der Waals surface area contributed by atoms with Gasteiger partial charge in [-0.05, 0) is 48.6 Å². The quantitative estimate of drug-likeness (QED) is 0.438. The van der Waals surface area contributed by atoms with Crippen LogP contribution in [0.2, 0.25) is 0 Å². The largest absolute Gasteiger partial charge is 0.497 e. The molecule has 0 aliphatic heterocycles. The van der Waals surface area contributed by atoms with Crippen molar-refractivity contribution in [1.82, 2.24) is 5.43 Å². The lowest BCUT2D eigenvalue weighted by atomic mass is 10.2. The standard InChI is InChI=1S/C18H21N3O4S/c1-22-14-8-6-13(7-9-14)20-18(26)21-19-11-12-5-10-15(23-2)17(25-4)16(12)24-3/h5-11H,1-4H3,(H2,20,21,26)/b19-11-.